The Bertz CT molecular complexity index is 1000. The Balaban J connectivity index is 2.00. The van der Waals surface area contributed by atoms with E-state index in [-0.39, 0.29) is 17.7 Å². The van der Waals surface area contributed by atoms with E-state index in [4.69, 9.17) is 21.4 Å². The first-order valence-corrected chi connectivity index (χ1v) is 9.15. The summed E-state index contributed by atoms with van der Waals surface area (Å²) in [6.45, 7) is 1.83. The van der Waals surface area contributed by atoms with E-state index in [0.717, 1.165) is 0 Å². The molecule has 0 fully saturated rings. The zero-order valence-corrected chi connectivity index (χ0v) is 16.6. The highest BCUT2D eigenvalue weighted by molar-refractivity contribution is 6.31. The second-order valence-electron chi connectivity index (χ2n) is 6.48. The number of benzene rings is 2. The molecule has 150 valence electrons. The van der Waals surface area contributed by atoms with Crippen LogP contribution in [-0.2, 0) is 16.1 Å². The third-order valence-electron chi connectivity index (χ3n) is 4.76. The summed E-state index contributed by atoms with van der Waals surface area (Å²) in [6, 6.07) is 12.0. The Labute approximate surface area is 172 Å². The number of nitrogens with one attached hydrogen (secondary N) is 1. The zero-order valence-electron chi connectivity index (χ0n) is 15.8. The van der Waals surface area contributed by atoms with E-state index in [1.165, 1.54) is 24.1 Å². The second kappa shape index (κ2) is 8.36. The van der Waals surface area contributed by atoms with Gasteiger partial charge in [0.05, 0.1) is 30.8 Å². The van der Waals surface area contributed by atoms with Gasteiger partial charge in [0, 0.05) is 10.7 Å². The normalized spacial score (nSPS) is 16.4. The van der Waals surface area contributed by atoms with Crippen LogP contribution in [0.4, 0.5) is 4.79 Å². The predicted molar refractivity (Wildman–Crippen MR) is 106 cm³/mol. The minimum absolute atomic E-state index is 0.151. The van der Waals surface area contributed by atoms with Crippen LogP contribution in [0, 0.1) is 0 Å². The molecule has 3 rings (SSSR count). The molecule has 7 nitrogen and oxygen atoms in total. The minimum atomic E-state index is -1.03. The highest BCUT2D eigenvalue weighted by atomic mass is 35.5. The number of nitrogens with zero attached hydrogens (tertiary/aromatic N) is 1. The smallest absolute Gasteiger partial charge is 0.337 e. The van der Waals surface area contributed by atoms with Crippen molar-refractivity contribution in [3.05, 3.63) is 81.5 Å². The molecule has 0 radical (unpaired) electrons. The van der Waals surface area contributed by atoms with Gasteiger partial charge in [0.25, 0.3) is 0 Å². The molecule has 0 bridgehead atoms. The minimum Gasteiger partial charge on any atom is -0.478 e. The highest BCUT2D eigenvalue weighted by Gasteiger charge is 2.37. The summed E-state index contributed by atoms with van der Waals surface area (Å²) in [7, 11) is 1.28. The summed E-state index contributed by atoms with van der Waals surface area (Å²) < 4.78 is 4.94. The fourth-order valence-corrected chi connectivity index (χ4v) is 3.47. The topological polar surface area (TPSA) is 95.9 Å². The van der Waals surface area contributed by atoms with E-state index >= 15 is 0 Å². The number of methoxy groups -OCH3 is 1. The largest absolute Gasteiger partial charge is 0.478 e. The van der Waals surface area contributed by atoms with Crippen molar-refractivity contribution in [2.24, 2.45) is 0 Å². The number of hydrogen-bond acceptors (Lipinski definition) is 4. The van der Waals surface area contributed by atoms with Crippen LogP contribution in [0.1, 0.15) is 34.5 Å². The molecule has 2 aromatic carbocycles. The van der Waals surface area contributed by atoms with Crippen LogP contribution in [-0.4, -0.2) is 35.1 Å². The standard InChI is InChI=1S/C21H19ClN2O5/c1-12-17(20(27)29-2)18(15-5-3-4-6-16(15)22)23-21(28)24(12)11-13-7-9-14(10-8-13)19(25)26/h3-10,18H,11H2,1-2H3,(H,23,28)(H,25,26)/t18-/m1/s1. The number of ether oxygens (including phenoxy) is 1. The van der Waals surface area contributed by atoms with Crippen molar-refractivity contribution >= 4 is 29.6 Å². The Hall–Kier alpha value is -3.32. The Morgan fingerprint density at radius 1 is 1.17 bits per heavy atom. The molecule has 0 aliphatic carbocycles. The SMILES string of the molecule is COC(=O)C1=C(C)N(Cc2ccc(C(=O)O)cc2)C(=O)N[C@@H]1c1ccccc1Cl. The predicted octanol–water partition coefficient (Wildman–Crippen LogP) is 3.75. The lowest BCUT2D eigenvalue weighted by molar-refractivity contribution is -0.136. The fraction of sp³-hybridized carbons (Fsp3) is 0.190. The van der Waals surface area contributed by atoms with Crippen molar-refractivity contribution in [3.8, 4) is 0 Å². The first-order valence-electron chi connectivity index (χ1n) is 8.77. The molecular formula is C21H19ClN2O5. The van der Waals surface area contributed by atoms with E-state index in [1.807, 2.05) is 0 Å². The number of carbonyl (C=O) groups excluding carboxylic acids is 2. The molecule has 0 saturated carbocycles. The number of hydrogen-bond donors (Lipinski definition) is 2. The summed E-state index contributed by atoms with van der Waals surface area (Å²) in [5, 5.41) is 12.3. The highest BCUT2D eigenvalue weighted by Crippen LogP contribution is 2.35. The van der Waals surface area contributed by atoms with Gasteiger partial charge in [-0.05, 0) is 36.2 Å². The molecule has 2 amide bonds. The molecular weight excluding hydrogens is 396 g/mol. The number of urea groups is 1. The number of carbonyl (C=O) groups is 3. The quantitative estimate of drug-likeness (QED) is 0.726. The van der Waals surface area contributed by atoms with Gasteiger partial charge in [-0.15, -0.1) is 0 Å². The molecule has 29 heavy (non-hydrogen) atoms. The average Bonchev–Trinajstić information content (AvgIpc) is 2.71. The second-order valence-corrected chi connectivity index (χ2v) is 6.89. The molecule has 0 saturated heterocycles. The van der Waals surface area contributed by atoms with Gasteiger partial charge in [-0.1, -0.05) is 41.9 Å². The average molecular weight is 415 g/mol. The van der Waals surface area contributed by atoms with Gasteiger partial charge in [0.15, 0.2) is 0 Å². The van der Waals surface area contributed by atoms with Gasteiger partial charge in [-0.3, -0.25) is 4.90 Å². The first-order chi connectivity index (χ1) is 13.8. The van der Waals surface area contributed by atoms with Gasteiger partial charge in [-0.25, -0.2) is 14.4 Å². The maximum atomic E-state index is 12.8. The number of aromatic carboxylic acids is 1. The van der Waals surface area contributed by atoms with Gasteiger partial charge in [-0.2, -0.15) is 0 Å². The number of esters is 1. The number of carboxylic acid groups (broad SMARTS) is 1. The molecule has 0 aromatic heterocycles. The van der Waals surface area contributed by atoms with E-state index in [0.29, 0.717) is 21.8 Å². The molecule has 2 aromatic rings. The fourth-order valence-electron chi connectivity index (χ4n) is 3.22. The lowest BCUT2D eigenvalue weighted by Gasteiger charge is -2.35. The molecule has 1 aliphatic heterocycles. The summed E-state index contributed by atoms with van der Waals surface area (Å²) in [5.74, 6) is -1.60. The van der Waals surface area contributed by atoms with Crippen molar-refractivity contribution in [2.45, 2.75) is 19.5 Å². The number of halogens is 1. The summed E-state index contributed by atoms with van der Waals surface area (Å²) in [4.78, 5) is 37.8. The number of amides is 2. The van der Waals surface area contributed by atoms with Gasteiger partial charge >= 0.3 is 18.0 Å². The molecule has 1 heterocycles. The van der Waals surface area contributed by atoms with Crippen LogP contribution in [0.5, 0.6) is 0 Å². The molecule has 8 heteroatoms. The van der Waals surface area contributed by atoms with Crippen LogP contribution in [0.2, 0.25) is 5.02 Å². The third-order valence-corrected chi connectivity index (χ3v) is 5.10. The van der Waals surface area contributed by atoms with Crippen LogP contribution in [0.15, 0.2) is 59.8 Å². The third kappa shape index (κ3) is 4.09. The maximum Gasteiger partial charge on any atom is 0.337 e. The van der Waals surface area contributed by atoms with E-state index < -0.39 is 24.0 Å². The summed E-state index contributed by atoms with van der Waals surface area (Å²) >= 11 is 6.29. The molecule has 1 atom stereocenters. The lowest BCUT2D eigenvalue weighted by atomic mass is 9.94. The van der Waals surface area contributed by atoms with Crippen LogP contribution >= 0.6 is 11.6 Å². The van der Waals surface area contributed by atoms with Crippen molar-refractivity contribution in [2.75, 3.05) is 7.11 Å². The molecule has 2 N–H and O–H groups in total. The number of allylic oxidation sites excluding steroid dienone is 1. The number of carboxylic acids is 1. The Morgan fingerprint density at radius 3 is 2.41 bits per heavy atom. The van der Waals surface area contributed by atoms with Crippen LogP contribution in [0.3, 0.4) is 0 Å². The Kier molecular flexibility index (Phi) is 5.89. The van der Waals surface area contributed by atoms with E-state index in [9.17, 15) is 14.4 Å². The van der Waals surface area contributed by atoms with Crippen molar-refractivity contribution in [1.29, 1.82) is 0 Å². The van der Waals surface area contributed by atoms with Gasteiger partial charge < -0.3 is 15.2 Å². The monoisotopic (exact) mass is 414 g/mol. The van der Waals surface area contributed by atoms with Crippen molar-refractivity contribution < 1.29 is 24.2 Å². The maximum absolute atomic E-state index is 12.8. The molecule has 0 unspecified atom stereocenters. The number of rotatable bonds is 5. The molecule has 1 aliphatic rings. The van der Waals surface area contributed by atoms with Gasteiger partial charge in [0.2, 0.25) is 0 Å². The summed E-state index contributed by atoms with van der Waals surface area (Å²) in [5.41, 5.74) is 2.17. The van der Waals surface area contributed by atoms with Gasteiger partial charge in [0.1, 0.15) is 0 Å². The molecule has 0 spiro atoms. The first kappa shape index (κ1) is 20.4. The lowest BCUT2D eigenvalue weighted by Crippen LogP contribution is -2.47. The van der Waals surface area contributed by atoms with Crippen LogP contribution < -0.4 is 5.32 Å². The summed E-state index contributed by atoms with van der Waals surface area (Å²) in [6.07, 6.45) is 0. The zero-order chi connectivity index (χ0) is 21.1. The van der Waals surface area contributed by atoms with Crippen molar-refractivity contribution in [3.63, 3.8) is 0 Å². The Morgan fingerprint density at radius 2 is 1.83 bits per heavy atom. The van der Waals surface area contributed by atoms with Crippen molar-refractivity contribution in [1.82, 2.24) is 10.2 Å². The van der Waals surface area contributed by atoms with E-state index in [1.54, 1.807) is 43.3 Å². The van der Waals surface area contributed by atoms with E-state index in [2.05, 4.69) is 5.32 Å². The van der Waals surface area contributed by atoms with Crippen LogP contribution in [0.25, 0.3) is 0 Å².